The summed E-state index contributed by atoms with van der Waals surface area (Å²) in [6, 6.07) is 11.1. The Kier molecular flexibility index (Phi) is 6.42. The first kappa shape index (κ1) is 17.6. The number of hydrogen-bond donors (Lipinski definition) is 2. The van der Waals surface area contributed by atoms with Crippen molar-refractivity contribution >= 4 is 23.2 Å². The standard InChI is InChI=1S/C18H23N3O3/c1-3-21(4-2)15-9-7-14(8-10-15)20-18(23)12-17(22)19-13-16-6-5-11-24-16/h5-11H,3-4,12-13H2,1-2H3,(H,19,22)(H,20,23). The molecular formula is C18H23N3O3. The monoisotopic (exact) mass is 329 g/mol. The molecule has 2 amide bonds. The number of rotatable bonds is 8. The van der Waals surface area contributed by atoms with Crippen LogP contribution < -0.4 is 15.5 Å². The molecule has 2 rings (SSSR count). The number of nitrogens with zero attached hydrogens (tertiary/aromatic N) is 1. The molecule has 1 heterocycles. The first-order valence-electron chi connectivity index (χ1n) is 8.06. The molecule has 0 fully saturated rings. The maximum atomic E-state index is 11.9. The van der Waals surface area contributed by atoms with Gasteiger partial charge in [0.1, 0.15) is 12.2 Å². The summed E-state index contributed by atoms with van der Waals surface area (Å²) in [5, 5.41) is 5.37. The van der Waals surface area contributed by atoms with E-state index in [1.165, 1.54) is 6.26 Å². The van der Waals surface area contributed by atoms with Crippen LogP contribution in [0, 0.1) is 0 Å². The fourth-order valence-electron chi connectivity index (χ4n) is 2.36. The molecule has 1 aromatic heterocycles. The molecule has 2 N–H and O–H groups in total. The van der Waals surface area contributed by atoms with E-state index in [1.54, 1.807) is 12.1 Å². The zero-order valence-corrected chi connectivity index (χ0v) is 14.0. The van der Waals surface area contributed by atoms with Crippen LogP contribution in [0.1, 0.15) is 26.0 Å². The molecule has 24 heavy (non-hydrogen) atoms. The average Bonchev–Trinajstić information content (AvgIpc) is 3.09. The highest BCUT2D eigenvalue weighted by Crippen LogP contribution is 2.17. The Morgan fingerprint density at radius 2 is 1.75 bits per heavy atom. The van der Waals surface area contributed by atoms with E-state index in [1.807, 2.05) is 24.3 Å². The number of carbonyl (C=O) groups excluding carboxylic acids is 2. The van der Waals surface area contributed by atoms with Crippen molar-refractivity contribution in [3.8, 4) is 0 Å². The van der Waals surface area contributed by atoms with E-state index < -0.39 is 0 Å². The van der Waals surface area contributed by atoms with Crippen LogP contribution in [-0.2, 0) is 16.1 Å². The van der Waals surface area contributed by atoms with E-state index in [0.29, 0.717) is 11.4 Å². The molecule has 0 aliphatic heterocycles. The van der Waals surface area contributed by atoms with Crippen LogP contribution in [0.4, 0.5) is 11.4 Å². The Hall–Kier alpha value is -2.76. The summed E-state index contributed by atoms with van der Waals surface area (Å²) >= 11 is 0. The van der Waals surface area contributed by atoms with Crippen molar-refractivity contribution in [1.29, 1.82) is 0 Å². The van der Waals surface area contributed by atoms with Crippen molar-refractivity contribution in [3.63, 3.8) is 0 Å². The predicted molar refractivity (Wildman–Crippen MR) is 93.8 cm³/mol. The molecule has 0 saturated heterocycles. The molecule has 0 aliphatic carbocycles. The van der Waals surface area contributed by atoms with Crippen molar-refractivity contribution < 1.29 is 14.0 Å². The molecule has 6 heteroatoms. The zero-order valence-electron chi connectivity index (χ0n) is 14.0. The van der Waals surface area contributed by atoms with Gasteiger partial charge in [0.2, 0.25) is 11.8 Å². The molecule has 128 valence electrons. The van der Waals surface area contributed by atoms with Gasteiger partial charge in [-0.25, -0.2) is 0 Å². The number of hydrogen-bond acceptors (Lipinski definition) is 4. The third kappa shape index (κ3) is 5.15. The van der Waals surface area contributed by atoms with Crippen LogP contribution in [-0.4, -0.2) is 24.9 Å². The van der Waals surface area contributed by atoms with Crippen LogP contribution in [0.15, 0.2) is 47.1 Å². The summed E-state index contributed by atoms with van der Waals surface area (Å²) in [6.07, 6.45) is 1.31. The molecule has 0 spiro atoms. The minimum absolute atomic E-state index is 0.224. The molecular weight excluding hydrogens is 306 g/mol. The first-order chi connectivity index (χ1) is 11.6. The molecule has 0 aliphatic rings. The number of anilines is 2. The number of amides is 2. The second kappa shape index (κ2) is 8.76. The summed E-state index contributed by atoms with van der Waals surface area (Å²) in [5.74, 6) is -0.0399. The maximum absolute atomic E-state index is 11.9. The van der Waals surface area contributed by atoms with Gasteiger partial charge < -0.3 is 20.0 Å². The van der Waals surface area contributed by atoms with Gasteiger partial charge in [-0.1, -0.05) is 0 Å². The third-order valence-corrected chi connectivity index (χ3v) is 3.64. The van der Waals surface area contributed by atoms with Crippen molar-refractivity contribution in [2.45, 2.75) is 26.8 Å². The molecule has 0 unspecified atom stereocenters. The minimum atomic E-state index is -0.345. The van der Waals surface area contributed by atoms with Gasteiger partial charge in [0.15, 0.2) is 0 Å². The van der Waals surface area contributed by atoms with E-state index in [0.717, 1.165) is 18.8 Å². The lowest BCUT2D eigenvalue weighted by Crippen LogP contribution is -2.27. The van der Waals surface area contributed by atoms with Crippen LogP contribution in [0.2, 0.25) is 0 Å². The van der Waals surface area contributed by atoms with Crippen LogP contribution in [0.3, 0.4) is 0 Å². The Morgan fingerprint density at radius 1 is 1.04 bits per heavy atom. The normalized spacial score (nSPS) is 10.2. The second-order valence-electron chi connectivity index (χ2n) is 5.30. The fraction of sp³-hybridized carbons (Fsp3) is 0.333. The van der Waals surface area contributed by atoms with E-state index in [9.17, 15) is 9.59 Å². The number of benzene rings is 1. The number of furan rings is 1. The Labute approximate surface area is 141 Å². The van der Waals surface area contributed by atoms with Gasteiger partial charge in [0, 0.05) is 24.5 Å². The largest absolute Gasteiger partial charge is 0.467 e. The van der Waals surface area contributed by atoms with Crippen molar-refractivity contribution in [2.75, 3.05) is 23.3 Å². The third-order valence-electron chi connectivity index (χ3n) is 3.64. The number of carbonyl (C=O) groups is 2. The van der Waals surface area contributed by atoms with Gasteiger partial charge in [-0.2, -0.15) is 0 Å². The van der Waals surface area contributed by atoms with Crippen LogP contribution >= 0.6 is 0 Å². The lowest BCUT2D eigenvalue weighted by atomic mass is 10.2. The van der Waals surface area contributed by atoms with Crippen molar-refractivity contribution in [2.24, 2.45) is 0 Å². The topological polar surface area (TPSA) is 74.6 Å². The van der Waals surface area contributed by atoms with Crippen LogP contribution in [0.5, 0.6) is 0 Å². The first-order valence-corrected chi connectivity index (χ1v) is 8.06. The molecule has 6 nitrogen and oxygen atoms in total. The molecule has 2 aromatic rings. The smallest absolute Gasteiger partial charge is 0.233 e. The molecule has 0 radical (unpaired) electrons. The Morgan fingerprint density at radius 3 is 2.33 bits per heavy atom. The summed E-state index contributed by atoms with van der Waals surface area (Å²) in [7, 11) is 0. The zero-order chi connectivity index (χ0) is 17.4. The molecule has 0 bridgehead atoms. The number of nitrogens with one attached hydrogen (secondary N) is 2. The molecule has 1 aromatic carbocycles. The molecule has 0 atom stereocenters. The molecule has 0 saturated carbocycles. The van der Waals surface area contributed by atoms with Gasteiger partial charge in [0.25, 0.3) is 0 Å². The lowest BCUT2D eigenvalue weighted by molar-refractivity contribution is -0.127. The summed E-state index contributed by atoms with van der Waals surface area (Å²) in [6.45, 7) is 6.33. The SMILES string of the molecule is CCN(CC)c1ccc(NC(=O)CC(=O)NCc2ccco2)cc1. The Balaban J connectivity index is 1.80. The highest BCUT2D eigenvalue weighted by molar-refractivity contribution is 6.03. The highest BCUT2D eigenvalue weighted by Gasteiger charge is 2.10. The van der Waals surface area contributed by atoms with E-state index in [-0.39, 0.29) is 24.8 Å². The second-order valence-corrected chi connectivity index (χ2v) is 5.30. The maximum Gasteiger partial charge on any atom is 0.233 e. The summed E-state index contributed by atoms with van der Waals surface area (Å²) in [4.78, 5) is 25.9. The quantitative estimate of drug-likeness (QED) is 0.730. The Bertz CT molecular complexity index is 647. The lowest BCUT2D eigenvalue weighted by Gasteiger charge is -2.21. The average molecular weight is 329 g/mol. The van der Waals surface area contributed by atoms with Gasteiger partial charge in [-0.3, -0.25) is 9.59 Å². The van der Waals surface area contributed by atoms with Gasteiger partial charge >= 0.3 is 0 Å². The summed E-state index contributed by atoms with van der Waals surface area (Å²) in [5.41, 5.74) is 1.78. The van der Waals surface area contributed by atoms with Gasteiger partial charge in [-0.15, -0.1) is 0 Å². The van der Waals surface area contributed by atoms with Crippen LogP contribution in [0.25, 0.3) is 0 Å². The van der Waals surface area contributed by atoms with Crippen molar-refractivity contribution in [1.82, 2.24) is 5.32 Å². The predicted octanol–water partition coefficient (Wildman–Crippen LogP) is 2.77. The minimum Gasteiger partial charge on any atom is -0.467 e. The highest BCUT2D eigenvalue weighted by atomic mass is 16.3. The van der Waals surface area contributed by atoms with E-state index >= 15 is 0 Å². The summed E-state index contributed by atoms with van der Waals surface area (Å²) < 4.78 is 5.11. The van der Waals surface area contributed by atoms with Gasteiger partial charge in [-0.05, 0) is 50.2 Å². The van der Waals surface area contributed by atoms with E-state index in [2.05, 4.69) is 29.4 Å². The fourth-order valence-corrected chi connectivity index (χ4v) is 2.36. The van der Waals surface area contributed by atoms with Gasteiger partial charge in [0.05, 0.1) is 12.8 Å². The van der Waals surface area contributed by atoms with E-state index in [4.69, 9.17) is 4.42 Å². The van der Waals surface area contributed by atoms with Crippen molar-refractivity contribution in [3.05, 3.63) is 48.4 Å².